The van der Waals surface area contributed by atoms with Gasteiger partial charge in [-0.15, -0.1) is 0 Å². The Labute approximate surface area is 135 Å². The average Bonchev–Trinajstić information content (AvgIpc) is 2.46. The van der Waals surface area contributed by atoms with E-state index in [0.717, 1.165) is 0 Å². The Morgan fingerprint density at radius 2 is 1.81 bits per heavy atom. The third-order valence-electron chi connectivity index (χ3n) is 3.21. The van der Waals surface area contributed by atoms with Crippen molar-refractivity contribution in [3.05, 3.63) is 33.8 Å². The van der Waals surface area contributed by atoms with Crippen LogP contribution in [0.5, 0.6) is 0 Å². The molecule has 6 heteroatoms. The fourth-order valence-corrected chi connectivity index (χ4v) is 2.48. The van der Waals surface area contributed by atoms with Crippen molar-refractivity contribution >= 4 is 35.0 Å². The van der Waals surface area contributed by atoms with Crippen LogP contribution in [0.3, 0.4) is 0 Å². The number of benzene rings is 1. The summed E-state index contributed by atoms with van der Waals surface area (Å²) in [6, 6.07) is 4.60. The minimum absolute atomic E-state index is 0.121. The van der Waals surface area contributed by atoms with Crippen molar-refractivity contribution in [3.63, 3.8) is 0 Å². The summed E-state index contributed by atoms with van der Waals surface area (Å²) in [5.41, 5.74) is 0.652. The number of carbonyl (C=O) groups is 2. The van der Waals surface area contributed by atoms with E-state index in [1.165, 1.54) is 4.90 Å². The van der Waals surface area contributed by atoms with Crippen LogP contribution in [0.15, 0.2) is 18.2 Å². The number of halogens is 2. The number of amides is 2. The summed E-state index contributed by atoms with van der Waals surface area (Å²) in [7, 11) is 0. The van der Waals surface area contributed by atoms with Crippen LogP contribution in [0.25, 0.3) is 0 Å². The topological polar surface area (TPSA) is 49.4 Å². The van der Waals surface area contributed by atoms with Crippen LogP contribution < -0.4 is 5.32 Å². The molecule has 0 saturated heterocycles. The van der Waals surface area contributed by atoms with Gasteiger partial charge in [0.05, 0.1) is 0 Å². The number of likely N-dealkylation sites (N-methyl/N-ethyl adjacent to an activating group) is 1. The van der Waals surface area contributed by atoms with E-state index < -0.39 is 6.04 Å². The van der Waals surface area contributed by atoms with Gasteiger partial charge in [0.15, 0.2) is 0 Å². The number of carbonyl (C=O) groups excluding carboxylic acids is 2. The summed E-state index contributed by atoms with van der Waals surface area (Å²) in [4.78, 5) is 25.6. The molecule has 1 atom stereocenters. The van der Waals surface area contributed by atoms with E-state index in [-0.39, 0.29) is 18.4 Å². The number of nitrogens with zero attached hydrogens (tertiary/aromatic N) is 1. The lowest BCUT2D eigenvalue weighted by molar-refractivity contribution is -0.140. The molecule has 4 nitrogen and oxygen atoms in total. The Morgan fingerprint density at radius 3 is 2.29 bits per heavy atom. The number of rotatable bonds is 6. The lowest BCUT2D eigenvalue weighted by Gasteiger charge is -2.29. The van der Waals surface area contributed by atoms with Gasteiger partial charge in [-0.2, -0.15) is 0 Å². The molecule has 2 amide bonds. The van der Waals surface area contributed by atoms with Gasteiger partial charge in [-0.1, -0.05) is 36.2 Å². The first kappa shape index (κ1) is 17.8. The maximum atomic E-state index is 12.1. The first-order chi connectivity index (χ1) is 9.92. The molecule has 21 heavy (non-hydrogen) atoms. The maximum Gasteiger partial charge on any atom is 0.242 e. The van der Waals surface area contributed by atoms with Gasteiger partial charge in [0.25, 0.3) is 0 Å². The molecular weight excluding hydrogens is 311 g/mol. The van der Waals surface area contributed by atoms with Gasteiger partial charge in [-0.25, -0.2) is 0 Å². The minimum Gasteiger partial charge on any atom is -0.355 e. The Hall–Kier alpha value is -1.26. The third-order valence-corrected chi connectivity index (χ3v) is 3.92. The van der Waals surface area contributed by atoms with Crippen molar-refractivity contribution in [3.8, 4) is 0 Å². The molecule has 0 bridgehead atoms. The number of nitrogens with one attached hydrogen (secondary N) is 1. The molecule has 1 aromatic rings. The fraction of sp³-hybridized carbons (Fsp3) is 0.467. The summed E-state index contributed by atoms with van der Waals surface area (Å²) < 4.78 is 0. The van der Waals surface area contributed by atoms with Crippen LogP contribution in [-0.4, -0.2) is 29.3 Å². The highest BCUT2D eigenvalue weighted by Crippen LogP contribution is 2.26. The van der Waals surface area contributed by atoms with Gasteiger partial charge in [0.1, 0.15) is 6.04 Å². The molecule has 0 heterocycles. The first-order valence-corrected chi connectivity index (χ1v) is 7.68. The molecule has 0 fully saturated rings. The predicted octanol–water partition coefficient (Wildman–Crippen LogP) is 3.26. The smallest absolute Gasteiger partial charge is 0.242 e. The summed E-state index contributed by atoms with van der Waals surface area (Å²) in [5.74, 6) is -0.313. The zero-order valence-electron chi connectivity index (χ0n) is 12.5. The highest BCUT2D eigenvalue weighted by Gasteiger charge is 2.25. The largest absolute Gasteiger partial charge is 0.355 e. The SMILES string of the molecule is CCNC(=O)[C@@H](C)N(Cc1c(Cl)cccc1Cl)C(=O)CC. The molecule has 0 radical (unpaired) electrons. The summed E-state index contributed by atoms with van der Waals surface area (Å²) in [6.07, 6.45) is 0.311. The highest BCUT2D eigenvalue weighted by molar-refractivity contribution is 6.36. The van der Waals surface area contributed by atoms with Gasteiger partial charge in [0, 0.05) is 35.1 Å². The van der Waals surface area contributed by atoms with Crippen LogP contribution in [0.2, 0.25) is 10.0 Å². The van der Waals surface area contributed by atoms with Crippen LogP contribution in [0, 0.1) is 0 Å². The zero-order chi connectivity index (χ0) is 16.0. The molecule has 0 aliphatic heterocycles. The quantitative estimate of drug-likeness (QED) is 0.870. The van der Waals surface area contributed by atoms with E-state index in [2.05, 4.69) is 5.32 Å². The number of hydrogen-bond donors (Lipinski definition) is 1. The normalized spacial score (nSPS) is 11.9. The minimum atomic E-state index is -0.579. The summed E-state index contributed by atoms with van der Waals surface area (Å²) in [5, 5.41) is 3.69. The summed E-state index contributed by atoms with van der Waals surface area (Å²) in [6.45, 7) is 6.02. The van der Waals surface area contributed by atoms with E-state index in [9.17, 15) is 9.59 Å². The van der Waals surface area contributed by atoms with Crippen LogP contribution >= 0.6 is 23.2 Å². The molecule has 0 aromatic heterocycles. The Bertz CT molecular complexity index is 500. The molecule has 1 aromatic carbocycles. The van der Waals surface area contributed by atoms with Crippen LogP contribution in [-0.2, 0) is 16.1 Å². The van der Waals surface area contributed by atoms with Crippen LogP contribution in [0.1, 0.15) is 32.8 Å². The summed E-state index contributed by atoms with van der Waals surface area (Å²) >= 11 is 12.3. The van der Waals surface area contributed by atoms with Gasteiger partial charge < -0.3 is 10.2 Å². The van der Waals surface area contributed by atoms with E-state index >= 15 is 0 Å². The lowest BCUT2D eigenvalue weighted by Crippen LogP contribution is -2.47. The van der Waals surface area contributed by atoms with Crippen molar-refractivity contribution in [2.75, 3.05) is 6.54 Å². The lowest BCUT2D eigenvalue weighted by atomic mass is 10.1. The zero-order valence-corrected chi connectivity index (χ0v) is 14.0. The second kappa shape index (κ2) is 8.25. The van der Waals surface area contributed by atoms with E-state index in [0.29, 0.717) is 28.6 Å². The van der Waals surface area contributed by atoms with Crippen molar-refractivity contribution < 1.29 is 9.59 Å². The highest BCUT2D eigenvalue weighted by atomic mass is 35.5. The van der Waals surface area contributed by atoms with E-state index in [4.69, 9.17) is 23.2 Å². The van der Waals surface area contributed by atoms with Gasteiger partial charge in [-0.05, 0) is 26.0 Å². The van der Waals surface area contributed by atoms with Crippen molar-refractivity contribution in [2.45, 2.75) is 39.8 Å². The molecule has 0 aliphatic carbocycles. The van der Waals surface area contributed by atoms with Crippen LogP contribution in [0.4, 0.5) is 0 Å². The molecule has 0 unspecified atom stereocenters. The fourth-order valence-electron chi connectivity index (χ4n) is 1.96. The van der Waals surface area contributed by atoms with Crippen molar-refractivity contribution in [2.24, 2.45) is 0 Å². The van der Waals surface area contributed by atoms with Crippen molar-refractivity contribution in [1.82, 2.24) is 10.2 Å². The number of hydrogen-bond acceptors (Lipinski definition) is 2. The molecule has 1 N–H and O–H groups in total. The van der Waals surface area contributed by atoms with Gasteiger partial charge >= 0.3 is 0 Å². The second-order valence-corrected chi connectivity index (χ2v) is 5.46. The van der Waals surface area contributed by atoms with E-state index in [1.54, 1.807) is 32.0 Å². The standard InChI is InChI=1S/C15H20Cl2N2O2/c1-4-14(20)19(10(3)15(21)18-5-2)9-11-12(16)7-6-8-13(11)17/h6-8,10H,4-5,9H2,1-3H3,(H,18,21)/t10-/m1/s1. The maximum absolute atomic E-state index is 12.1. The van der Waals surface area contributed by atoms with Crippen molar-refractivity contribution in [1.29, 1.82) is 0 Å². The molecule has 0 aliphatic rings. The molecular formula is C15H20Cl2N2O2. The second-order valence-electron chi connectivity index (χ2n) is 4.65. The molecule has 116 valence electrons. The van der Waals surface area contributed by atoms with E-state index in [1.807, 2.05) is 6.92 Å². The molecule has 0 spiro atoms. The average molecular weight is 331 g/mol. The van der Waals surface area contributed by atoms with Gasteiger partial charge in [0.2, 0.25) is 11.8 Å². The Balaban J connectivity index is 3.04. The monoisotopic (exact) mass is 330 g/mol. The molecule has 1 rings (SSSR count). The third kappa shape index (κ3) is 4.61. The predicted molar refractivity (Wildman–Crippen MR) is 85.4 cm³/mol. The van der Waals surface area contributed by atoms with Gasteiger partial charge in [-0.3, -0.25) is 9.59 Å². The Kier molecular flexibility index (Phi) is 6.99. The Morgan fingerprint density at radius 1 is 1.24 bits per heavy atom. The molecule has 0 saturated carbocycles. The first-order valence-electron chi connectivity index (χ1n) is 6.92.